The van der Waals surface area contributed by atoms with E-state index < -0.39 is 0 Å². The molecule has 0 saturated carbocycles. The number of nitrogen functional groups attached to an aromatic ring is 1. The second-order valence-electron chi connectivity index (χ2n) is 4.10. The maximum absolute atomic E-state index is 11.9. The molecule has 4 N–H and O–H groups in total. The van der Waals surface area contributed by atoms with Gasteiger partial charge in [-0.25, -0.2) is 10.4 Å². The third-order valence-corrected chi connectivity index (χ3v) is 3.59. The molecule has 1 aromatic heterocycles. The Morgan fingerprint density at radius 3 is 2.90 bits per heavy atom. The number of phenolic OH excluding ortho intramolecular Hbond substituents is 1. The molecule has 0 bridgehead atoms. The van der Waals surface area contributed by atoms with Crippen LogP contribution < -0.4 is 15.9 Å². The lowest BCUT2D eigenvalue weighted by Crippen LogP contribution is -2.17. The quantitative estimate of drug-likeness (QED) is 0.586. The summed E-state index contributed by atoms with van der Waals surface area (Å²) >= 11 is 1.10. The number of ether oxygens (including phenoxy) is 1. The van der Waals surface area contributed by atoms with E-state index in [2.05, 4.69) is 15.5 Å². The van der Waals surface area contributed by atoms with Crippen molar-refractivity contribution in [2.75, 3.05) is 12.8 Å². The summed E-state index contributed by atoms with van der Waals surface area (Å²) in [6.07, 6.45) is 1.41. The van der Waals surface area contributed by atoms with E-state index >= 15 is 0 Å². The summed E-state index contributed by atoms with van der Waals surface area (Å²) in [7, 11) is 1.46. The van der Waals surface area contributed by atoms with Crippen molar-refractivity contribution in [1.29, 1.82) is 0 Å². The van der Waals surface area contributed by atoms with Crippen molar-refractivity contribution in [3.8, 4) is 11.5 Å². The number of hydrazone groups is 1. The number of amides is 1. The molecule has 1 amide bonds. The van der Waals surface area contributed by atoms with Crippen molar-refractivity contribution in [3.63, 3.8) is 0 Å². The van der Waals surface area contributed by atoms with Crippen LogP contribution in [0.25, 0.3) is 0 Å². The molecule has 7 nitrogen and oxygen atoms in total. The summed E-state index contributed by atoms with van der Waals surface area (Å²) in [5.74, 6) is -0.0125. The molecule has 0 radical (unpaired) electrons. The molecule has 2 aromatic rings. The van der Waals surface area contributed by atoms with Crippen molar-refractivity contribution in [2.24, 2.45) is 5.10 Å². The minimum Gasteiger partial charge on any atom is -0.504 e. The number of thiazole rings is 1. The lowest BCUT2D eigenvalue weighted by Gasteiger charge is -2.03. The van der Waals surface area contributed by atoms with Crippen molar-refractivity contribution >= 4 is 28.6 Å². The first-order valence-electron chi connectivity index (χ1n) is 5.94. The Bertz CT molecular complexity index is 697. The highest BCUT2D eigenvalue weighted by Gasteiger charge is 2.13. The number of aryl methyl sites for hydroxylation is 1. The maximum Gasteiger partial charge on any atom is 0.283 e. The van der Waals surface area contributed by atoms with Crippen LogP contribution >= 0.6 is 11.3 Å². The van der Waals surface area contributed by atoms with Crippen molar-refractivity contribution in [3.05, 3.63) is 34.3 Å². The molecule has 21 heavy (non-hydrogen) atoms. The lowest BCUT2D eigenvalue weighted by atomic mass is 10.2. The number of nitrogens with two attached hydrogens (primary N) is 1. The fraction of sp³-hybridized carbons (Fsp3) is 0.154. The number of carbonyl (C=O) groups is 1. The van der Waals surface area contributed by atoms with Crippen LogP contribution in [0.15, 0.2) is 23.3 Å². The molecule has 0 unspecified atom stereocenters. The number of benzene rings is 1. The van der Waals surface area contributed by atoms with Crippen LogP contribution in [0.4, 0.5) is 5.13 Å². The highest BCUT2D eigenvalue weighted by molar-refractivity contribution is 7.17. The fourth-order valence-corrected chi connectivity index (χ4v) is 2.35. The molecule has 1 aromatic carbocycles. The number of aromatic hydroxyl groups is 1. The van der Waals surface area contributed by atoms with Crippen molar-refractivity contribution in [1.82, 2.24) is 10.4 Å². The molecule has 0 aliphatic carbocycles. The van der Waals surface area contributed by atoms with E-state index in [0.29, 0.717) is 27.0 Å². The molecule has 1 heterocycles. The summed E-state index contributed by atoms with van der Waals surface area (Å²) in [5, 5.41) is 13.8. The Morgan fingerprint density at radius 2 is 2.33 bits per heavy atom. The van der Waals surface area contributed by atoms with Gasteiger partial charge >= 0.3 is 0 Å². The van der Waals surface area contributed by atoms with Gasteiger partial charge in [-0.15, -0.1) is 0 Å². The van der Waals surface area contributed by atoms with E-state index in [-0.39, 0.29) is 11.7 Å². The zero-order valence-electron chi connectivity index (χ0n) is 11.5. The summed E-state index contributed by atoms with van der Waals surface area (Å²) in [4.78, 5) is 16.2. The van der Waals surface area contributed by atoms with Gasteiger partial charge < -0.3 is 15.6 Å². The Labute approximate surface area is 125 Å². The predicted molar refractivity (Wildman–Crippen MR) is 81.0 cm³/mol. The average Bonchev–Trinajstić information content (AvgIpc) is 2.78. The standard InChI is InChI=1S/C13H14N4O3S/c1-7-11(21-13(14)16-7)12(19)17-15-6-8-3-4-10(20-2)9(18)5-8/h3-6,18H,1-2H3,(H2,14,16)(H,17,19). The van der Waals surface area contributed by atoms with E-state index in [4.69, 9.17) is 10.5 Å². The Hall–Kier alpha value is -2.61. The first-order valence-corrected chi connectivity index (χ1v) is 6.76. The molecule has 2 rings (SSSR count). The van der Waals surface area contributed by atoms with E-state index in [1.54, 1.807) is 19.1 Å². The van der Waals surface area contributed by atoms with Crippen molar-refractivity contribution < 1.29 is 14.6 Å². The van der Waals surface area contributed by atoms with Gasteiger partial charge in [0.1, 0.15) is 4.88 Å². The van der Waals surface area contributed by atoms with Gasteiger partial charge in [-0.2, -0.15) is 5.10 Å². The Kier molecular flexibility index (Phi) is 4.39. The van der Waals surface area contributed by atoms with E-state index in [1.165, 1.54) is 19.4 Å². The zero-order valence-corrected chi connectivity index (χ0v) is 12.3. The van der Waals surface area contributed by atoms with Gasteiger partial charge in [0.05, 0.1) is 19.0 Å². The minimum atomic E-state index is -0.379. The number of nitrogens with zero attached hydrogens (tertiary/aromatic N) is 2. The Morgan fingerprint density at radius 1 is 1.57 bits per heavy atom. The number of anilines is 1. The molecular formula is C13H14N4O3S. The van der Waals surface area contributed by atoms with Crippen LogP contribution in [0.3, 0.4) is 0 Å². The molecule has 0 atom stereocenters. The molecular weight excluding hydrogens is 292 g/mol. The second-order valence-corrected chi connectivity index (χ2v) is 5.13. The number of phenols is 1. The SMILES string of the molecule is COc1ccc(C=NNC(=O)c2sc(N)nc2C)cc1O. The van der Waals surface area contributed by atoms with Gasteiger partial charge in [-0.1, -0.05) is 11.3 Å². The summed E-state index contributed by atoms with van der Waals surface area (Å²) in [6, 6.07) is 4.78. The number of nitrogens with one attached hydrogen (secondary N) is 1. The van der Waals surface area contributed by atoms with Gasteiger partial charge in [0.2, 0.25) is 0 Å². The lowest BCUT2D eigenvalue weighted by molar-refractivity contribution is 0.0958. The van der Waals surface area contributed by atoms with Crippen LogP contribution in [0.5, 0.6) is 11.5 Å². The smallest absolute Gasteiger partial charge is 0.283 e. The fourth-order valence-electron chi connectivity index (χ4n) is 1.63. The minimum absolute atomic E-state index is 0.00106. The van der Waals surface area contributed by atoms with Gasteiger partial charge in [0.15, 0.2) is 16.6 Å². The van der Waals surface area contributed by atoms with Gasteiger partial charge in [-0.3, -0.25) is 4.79 Å². The Balaban J connectivity index is 2.04. The summed E-state index contributed by atoms with van der Waals surface area (Å²) in [6.45, 7) is 1.70. The molecule has 0 fully saturated rings. The first kappa shape index (κ1) is 14.8. The average molecular weight is 306 g/mol. The van der Waals surface area contributed by atoms with Crippen LogP contribution in [0.2, 0.25) is 0 Å². The number of rotatable bonds is 4. The van der Waals surface area contributed by atoms with Crippen LogP contribution in [-0.2, 0) is 0 Å². The summed E-state index contributed by atoms with van der Waals surface area (Å²) in [5.41, 5.74) is 9.09. The first-order chi connectivity index (χ1) is 10.0. The molecule has 0 aliphatic heterocycles. The number of methoxy groups -OCH3 is 1. The zero-order chi connectivity index (χ0) is 15.4. The van der Waals surface area contributed by atoms with E-state index in [9.17, 15) is 9.90 Å². The highest BCUT2D eigenvalue weighted by Crippen LogP contribution is 2.25. The second kappa shape index (κ2) is 6.23. The number of carbonyl (C=O) groups excluding carboxylic acids is 1. The predicted octanol–water partition coefficient (Wildman–Crippen LogP) is 1.51. The maximum atomic E-state index is 11.9. The number of hydrogen-bond acceptors (Lipinski definition) is 7. The van der Waals surface area contributed by atoms with E-state index in [1.807, 2.05) is 0 Å². The normalized spacial score (nSPS) is 10.8. The number of hydrogen-bond donors (Lipinski definition) is 3. The topological polar surface area (TPSA) is 110 Å². The van der Waals surface area contributed by atoms with Gasteiger partial charge in [0, 0.05) is 0 Å². The molecule has 8 heteroatoms. The van der Waals surface area contributed by atoms with Crippen LogP contribution in [-0.4, -0.2) is 29.3 Å². The summed E-state index contributed by atoms with van der Waals surface area (Å²) < 4.78 is 4.93. The van der Waals surface area contributed by atoms with Gasteiger partial charge in [-0.05, 0) is 30.7 Å². The van der Waals surface area contributed by atoms with Crippen LogP contribution in [0, 0.1) is 6.92 Å². The molecule has 0 saturated heterocycles. The highest BCUT2D eigenvalue weighted by atomic mass is 32.1. The number of aromatic nitrogens is 1. The molecule has 0 spiro atoms. The molecule has 110 valence electrons. The van der Waals surface area contributed by atoms with Crippen LogP contribution in [0.1, 0.15) is 20.9 Å². The van der Waals surface area contributed by atoms with E-state index in [0.717, 1.165) is 11.3 Å². The monoisotopic (exact) mass is 306 g/mol. The third-order valence-electron chi connectivity index (χ3n) is 2.60. The largest absolute Gasteiger partial charge is 0.504 e. The van der Waals surface area contributed by atoms with Crippen molar-refractivity contribution in [2.45, 2.75) is 6.92 Å². The van der Waals surface area contributed by atoms with Gasteiger partial charge in [0.25, 0.3) is 5.91 Å². The molecule has 0 aliphatic rings. The third kappa shape index (κ3) is 3.48.